The lowest BCUT2D eigenvalue weighted by atomic mass is 10.1. The Morgan fingerprint density at radius 2 is 1.50 bits per heavy atom. The van der Waals surface area contributed by atoms with Crippen molar-refractivity contribution in [1.29, 1.82) is 0 Å². The fraction of sp³-hybridized carbons (Fsp3) is 0.588. The van der Waals surface area contributed by atoms with Crippen LogP contribution in [-0.4, -0.2) is 44.9 Å². The van der Waals surface area contributed by atoms with E-state index in [1.165, 1.54) is 16.4 Å². The molecule has 0 spiro atoms. The molecule has 2 aliphatic heterocycles. The molecule has 0 saturated carbocycles. The number of sulfonamides is 1. The maximum atomic E-state index is 13.1. The predicted molar refractivity (Wildman–Crippen MR) is 89.4 cm³/mol. The molecule has 0 atom stereocenters. The predicted octanol–water partition coefficient (Wildman–Crippen LogP) is 1.21. The van der Waals surface area contributed by atoms with E-state index >= 15 is 0 Å². The zero-order chi connectivity index (χ0) is 17.2. The zero-order valence-corrected chi connectivity index (χ0v) is 14.6. The van der Waals surface area contributed by atoms with Crippen LogP contribution in [0.4, 0.5) is 5.69 Å². The summed E-state index contributed by atoms with van der Waals surface area (Å²) in [5, 5.41) is 11.2. The Kier molecular flexibility index (Phi) is 5.10. The molecule has 0 amide bonds. The van der Waals surface area contributed by atoms with E-state index in [1.54, 1.807) is 6.07 Å². The standard InChI is InChI=1S/C17H24N2O4S/c20-17(21)14-7-8-15(18-9-3-1-4-10-18)16(13-14)24(22,23)19-11-5-2-6-12-19/h7-8,13H,1-6,9-12H2,(H,20,21)/p-1. The molecule has 0 aliphatic carbocycles. The number of carbonyl (C=O) groups excluding carboxylic acids is 1. The molecule has 2 saturated heterocycles. The van der Waals surface area contributed by atoms with Gasteiger partial charge in [-0.3, -0.25) is 0 Å². The average molecular weight is 351 g/mol. The van der Waals surface area contributed by atoms with Crippen LogP contribution in [0.2, 0.25) is 0 Å². The highest BCUT2D eigenvalue weighted by atomic mass is 32.2. The summed E-state index contributed by atoms with van der Waals surface area (Å²) in [6.07, 6.45) is 5.90. The number of benzene rings is 1. The molecule has 3 rings (SSSR count). The molecular formula is C17H23N2O4S-. The van der Waals surface area contributed by atoms with E-state index in [0.29, 0.717) is 18.8 Å². The van der Waals surface area contributed by atoms with E-state index in [4.69, 9.17) is 0 Å². The van der Waals surface area contributed by atoms with Gasteiger partial charge in [0.1, 0.15) is 4.90 Å². The van der Waals surface area contributed by atoms with Gasteiger partial charge in [-0.1, -0.05) is 12.5 Å². The lowest BCUT2D eigenvalue weighted by Gasteiger charge is -2.33. The van der Waals surface area contributed by atoms with Crippen LogP contribution in [0.15, 0.2) is 23.1 Å². The molecule has 2 heterocycles. The first-order valence-corrected chi connectivity index (χ1v) is 10.0. The molecule has 132 valence electrons. The largest absolute Gasteiger partial charge is 0.545 e. The fourth-order valence-corrected chi connectivity index (χ4v) is 5.24. The van der Waals surface area contributed by atoms with Gasteiger partial charge in [-0.2, -0.15) is 4.31 Å². The van der Waals surface area contributed by atoms with Crippen LogP contribution in [-0.2, 0) is 10.0 Å². The Labute approximate surface area is 143 Å². The highest BCUT2D eigenvalue weighted by Crippen LogP contribution is 2.32. The van der Waals surface area contributed by atoms with Crippen LogP contribution < -0.4 is 10.0 Å². The number of aromatic carboxylic acids is 1. The monoisotopic (exact) mass is 351 g/mol. The van der Waals surface area contributed by atoms with Gasteiger partial charge in [0.05, 0.1) is 11.7 Å². The van der Waals surface area contributed by atoms with Gasteiger partial charge in [0.25, 0.3) is 0 Å². The third-order valence-corrected chi connectivity index (χ3v) is 6.75. The minimum Gasteiger partial charge on any atom is -0.545 e. The fourth-order valence-electron chi connectivity index (χ4n) is 3.49. The Balaban J connectivity index is 2.04. The smallest absolute Gasteiger partial charge is 0.245 e. The molecule has 1 aromatic carbocycles. The number of anilines is 1. The Morgan fingerprint density at radius 3 is 2.08 bits per heavy atom. The summed E-state index contributed by atoms with van der Waals surface area (Å²) in [7, 11) is -3.70. The van der Waals surface area contributed by atoms with Crippen LogP contribution in [0.5, 0.6) is 0 Å². The number of carboxylic acids is 1. The Morgan fingerprint density at radius 1 is 0.917 bits per heavy atom. The van der Waals surface area contributed by atoms with Crippen LogP contribution in [0.1, 0.15) is 48.9 Å². The van der Waals surface area contributed by atoms with Crippen molar-refractivity contribution >= 4 is 21.7 Å². The zero-order valence-electron chi connectivity index (χ0n) is 13.7. The second-order valence-electron chi connectivity index (χ2n) is 6.48. The summed E-state index contributed by atoms with van der Waals surface area (Å²) in [5.74, 6) is -1.35. The summed E-state index contributed by atoms with van der Waals surface area (Å²) in [4.78, 5) is 13.4. The van der Waals surface area contributed by atoms with Crippen molar-refractivity contribution in [3.05, 3.63) is 23.8 Å². The van der Waals surface area contributed by atoms with Gasteiger partial charge >= 0.3 is 0 Å². The van der Waals surface area contributed by atoms with Crippen molar-refractivity contribution in [3.8, 4) is 0 Å². The maximum absolute atomic E-state index is 13.1. The van der Waals surface area contributed by atoms with E-state index in [1.807, 2.05) is 0 Å². The molecule has 1 aromatic rings. The van der Waals surface area contributed by atoms with Crippen LogP contribution in [0.25, 0.3) is 0 Å². The van der Waals surface area contributed by atoms with Crippen molar-refractivity contribution in [1.82, 2.24) is 4.31 Å². The molecule has 6 nitrogen and oxygen atoms in total. The number of nitrogens with zero attached hydrogens (tertiary/aromatic N) is 2. The number of carboxylic acid groups (broad SMARTS) is 1. The first kappa shape index (κ1) is 17.2. The summed E-state index contributed by atoms with van der Waals surface area (Å²) < 4.78 is 27.7. The molecule has 2 fully saturated rings. The minimum atomic E-state index is -3.70. The second kappa shape index (κ2) is 7.11. The van der Waals surface area contributed by atoms with E-state index < -0.39 is 16.0 Å². The van der Waals surface area contributed by atoms with Gasteiger partial charge in [0.2, 0.25) is 10.0 Å². The second-order valence-corrected chi connectivity index (χ2v) is 8.39. The molecule has 2 aliphatic rings. The summed E-state index contributed by atoms with van der Waals surface area (Å²) >= 11 is 0. The number of rotatable bonds is 4. The molecule has 7 heteroatoms. The quantitative estimate of drug-likeness (QED) is 0.815. The number of carbonyl (C=O) groups is 1. The van der Waals surface area contributed by atoms with Crippen molar-refractivity contribution in [2.45, 2.75) is 43.4 Å². The molecular weight excluding hydrogens is 328 g/mol. The maximum Gasteiger partial charge on any atom is 0.245 e. The van der Waals surface area contributed by atoms with Crippen molar-refractivity contribution in [3.63, 3.8) is 0 Å². The number of hydrogen-bond acceptors (Lipinski definition) is 5. The van der Waals surface area contributed by atoms with Gasteiger partial charge < -0.3 is 14.8 Å². The van der Waals surface area contributed by atoms with Crippen molar-refractivity contribution < 1.29 is 18.3 Å². The highest BCUT2D eigenvalue weighted by Gasteiger charge is 2.30. The van der Waals surface area contributed by atoms with Crippen molar-refractivity contribution in [2.75, 3.05) is 31.1 Å². The summed E-state index contributed by atoms with van der Waals surface area (Å²) in [6, 6.07) is 4.32. The Bertz CT molecular complexity index is 705. The highest BCUT2D eigenvalue weighted by molar-refractivity contribution is 7.89. The van der Waals surface area contributed by atoms with Gasteiger partial charge in [-0.05, 0) is 49.8 Å². The molecule has 0 bridgehead atoms. The van der Waals surface area contributed by atoms with Crippen molar-refractivity contribution in [2.24, 2.45) is 0 Å². The van der Waals surface area contributed by atoms with E-state index in [2.05, 4.69) is 4.90 Å². The molecule has 0 N–H and O–H groups in total. The molecule has 0 radical (unpaired) electrons. The van der Waals surface area contributed by atoms with Gasteiger partial charge in [0.15, 0.2) is 0 Å². The first-order valence-electron chi connectivity index (χ1n) is 8.60. The van der Waals surface area contributed by atoms with Crippen LogP contribution >= 0.6 is 0 Å². The molecule has 0 aromatic heterocycles. The van der Waals surface area contributed by atoms with Gasteiger partial charge in [-0.15, -0.1) is 0 Å². The summed E-state index contributed by atoms with van der Waals surface area (Å²) in [6.45, 7) is 2.59. The number of piperidine rings is 2. The minimum absolute atomic E-state index is 0.0913. The first-order chi connectivity index (χ1) is 11.5. The topological polar surface area (TPSA) is 80.7 Å². The number of hydrogen-bond donors (Lipinski definition) is 0. The lowest BCUT2D eigenvalue weighted by molar-refractivity contribution is -0.255. The lowest BCUT2D eigenvalue weighted by Crippen LogP contribution is -2.38. The van der Waals surface area contributed by atoms with Gasteiger partial charge in [0, 0.05) is 26.2 Å². The van der Waals surface area contributed by atoms with Crippen LogP contribution in [0, 0.1) is 0 Å². The third kappa shape index (κ3) is 3.42. The molecule has 0 unspecified atom stereocenters. The van der Waals surface area contributed by atoms with Gasteiger partial charge in [-0.25, -0.2) is 8.42 Å². The van der Waals surface area contributed by atoms with Crippen LogP contribution in [0.3, 0.4) is 0 Å². The Hall–Kier alpha value is -1.60. The van der Waals surface area contributed by atoms with E-state index in [0.717, 1.165) is 51.6 Å². The summed E-state index contributed by atoms with van der Waals surface area (Å²) in [5.41, 5.74) is 0.525. The molecule has 24 heavy (non-hydrogen) atoms. The third-order valence-electron chi connectivity index (χ3n) is 4.83. The average Bonchev–Trinajstić information content (AvgIpc) is 2.62. The SMILES string of the molecule is O=C([O-])c1ccc(N2CCCCC2)c(S(=O)(=O)N2CCCCC2)c1. The van der Waals surface area contributed by atoms with E-state index in [-0.39, 0.29) is 10.5 Å². The normalized spacial score (nSPS) is 20.1. The van der Waals surface area contributed by atoms with E-state index in [9.17, 15) is 18.3 Å².